The SMILES string of the molecule is CSSn1ccnc1. The van der Waals surface area contributed by atoms with Gasteiger partial charge in [0.15, 0.2) is 0 Å². The zero-order chi connectivity index (χ0) is 5.82. The van der Waals surface area contributed by atoms with Gasteiger partial charge < -0.3 is 0 Å². The van der Waals surface area contributed by atoms with Crippen molar-refractivity contribution in [2.24, 2.45) is 0 Å². The summed E-state index contributed by atoms with van der Waals surface area (Å²) >= 11 is 0. The van der Waals surface area contributed by atoms with Crippen molar-refractivity contribution in [2.75, 3.05) is 6.26 Å². The fourth-order valence-corrected chi connectivity index (χ4v) is 1.53. The molecule has 1 aromatic heterocycles. The quantitative estimate of drug-likeness (QED) is 0.591. The minimum atomic E-state index is 1.65. The molecule has 1 aromatic rings. The molecule has 2 nitrogen and oxygen atoms in total. The van der Waals surface area contributed by atoms with Crippen molar-refractivity contribution in [3.8, 4) is 0 Å². The third-order valence-electron chi connectivity index (χ3n) is 0.641. The van der Waals surface area contributed by atoms with Gasteiger partial charge in [-0.25, -0.2) is 4.98 Å². The highest BCUT2D eigenvalue weighted by molar-refractivity contribution is 8.75. The Balaban J connectivity index is 2.50. The summed E-state index contributed by atoms with van der Waals surface area (Å²) in [5.74, 6) is 0. The number of hydrogen-bond donors (Lipinski definition) is 0. The molecular weight excluding hydrogens is 140 g/mol. The van der Waals surface area contributed by atoms with Gasteiger partial charge in [0.05, 0.1) is 0 Å². The molecule has 0 unspecified atom stereocenters. The number of rotatable bonds is 2. The van der Waals surface area contributed by atoms with Gasteiger partial charge in [-0.05, 0) is 6.26 Å². The predicted molar refractivity (Wildman–Crippen MR) is 38.7 cm³/mol. The van der Waals surface area contributed by atoms with E-state index in [0.717, 1.165) is 0 Å². The lowest BCUT2D eigenvalue weighted by Gasteiger charge is -1.90. The van der Waals surface area contributed by atoms with Gasteiger partial charge in [-0.2, -0.15) is 0 Å². The monoisotopic (exact) mass is 146 g/mol. The van der Waals surface area contributed by atoms with Crippen molar-refractivity contribution >= 4 is 21.8 Å². The van der Waals surface area contributed by atoms with E-state index in [1.54, 1.807) is 34.3 Å². The van der Waals surface area contributed by atoms with Crippen LogP contribution in [-0.4, -0.2) is 15.2 Å². The Morgan fingerprint density at radius 1 is 1.62 bits per heavy atom. The van der Waals surface area contributed by atoms with Crippen molar-refractivity contribution in [1.29, 1.82) is 0 Å². The smallest absolute Gasteiger partial charge is 0.105 e. The van der Waals surface area contributed by atoms with Crippen LogP contribution in [-0.2, 0) is 0 Å². The van der Waals surface area contributed by atoms with Gasteiger partial charge in [-0.3, -0.25) is 3.97 Å². The maximum absolute atomic E-state index is 3.87. The molecule has 0 aliphatic heterocycles. The van der Waals surface area contributed by atoms with E-state index in [-0.39, 0.29) is 0 Å². The lowest BCUT2D eigenvalue weighted by Crippen LogP contribution is -1.72. The Morgan fingerprint density at radius 3 is 3.00 bits per heavy atom. The van der Waals surface area contributed by atoms with Gasteiger partial charge >= 0.3 is 0 Å². The Hall–Kier alpha value is -0.0900. The molecule has 1 heterocycles. The van der Waals surface area contributed by atoms with Gasteiger partial charge in [-0.15, -0.1) is 0 Å². The molecule has 0 aliphatic carbocycles. The van der Waals surface area contributed by atoms with Crippen molar-refractivity contribution in [1.82, 2.24) is 8.96 Å². The molecule has 44 valence electrons. The van der Waals surface area contributed by atoms with Gasteiger partial charge in [-0.1, -0.05) is 10.8 Å². The first-order chi connectivity index (χ1) is 3.93. The highest BCUT2D eigenvalue weighted by Crippen LogP contribution is 2.17. The summed E-state index contributed by atoms with van der Waals surface area (Å²) in [5, 5.41) is 0. The first-order valence-corrected chi connectivity index (χ1v) is 4.64. The van der Waals surface area contributed by atoms with Crippen molar-refractivity contribution in [3.63, 3.8) is 0 Å². The average Bonchev–Trinajstić information content (AvgIpc) is 2.19. The third-order valence-corrected chi connectivity index (χ3v) is 2.14. The standard InChI is InChI=1S/C4H6N2S2/c1-7-8-6-3-2-5-4-6/h2-4H,1H3. The Morgan fingerprint density at radius 2 is 2.50 bits per heavy atom. The molecule has 0 saturated heterocycles. The number of nitrogens with zero attached hydrogens (tertiary/aromatic N) is 2. The van der Waals surface area contributed by atoms with Crippen LogP contribution in [0, 0.1) is 0 Å². The molecule has 1 rings (SSSR count). The molecule has 0 aliphatic rings. The summed E-state index contributed by atoms with van der Waals surface area (Å²) < 4.78 is 1.95. The highest BCUT2D eigenvalue weighted by atomic mass is 33.1. The minimum absolute atomic E-state index is 1.65. The van der Waals surface area contributed by atoms with Gasteiger partial charge in [0, 0.05) is 23.4 Å². The molecule has 0 radical (unpaired) electrons. The first kappa shape index (κ1) is 6.04. The van der Waals surface area contributed by atoms with Crippen LogP contribution in [0.4, 0.5) is 0 Å². The van der Waals surface area contributed by atoms with E-state index >= 15 is 0 Å². The van der Waals surface area contributed by atoms with Crippen LogP contribution in [0.3, 0.4) is 0 Å². The second-order valence-electron chi connectivity index (χ2n) is 1.16. The molecule has 0 fully saturated rings. The topological polar surface area (TPSA) is 17.8 Å². The maximum Gasteiger partial charge on any atom is 0.105 e. The number of hydrogen-bond acceptors (Lipinski definition) is 3. The Kier molecular flexibility index (Phi) is 2.29. The second kappa shape index (κ2) is 3.04. The molecule has 0 saturated carbocycles. The highest BCUT2D eigenvalue weighted by Gasteiger charge is 1.83. The Bertz CT molecular complexity index is 138. The number of imidazole rings is 1. The fraction of sp³-hybridized carbons (Fsp3) is 0.250. The molecule has 0 aromatic carbocycles. The van der Waals surface area contributed by atoms with Crippen LogP contribution in [0.25, 0.3) is 0 Å². The lowest BCUT2D eigenvalue weighted by molar-refractivity contribution is 1.24. The summed E-state index contributed by atoms with van der Waals surface area (Å²) in [7, 11) is 3.35. The van der Waals surface area contributed by atoms with Gasteiger partial charge in [0.25, 0.3) is 0 Å². The van der Waals surface area contributed by atoms with Crippen LogP contribution >= 0.6 is 21.8 Å². The summed E-state index contributed by atoms with van der Waals surface area (Å²) in [4.78, 5) is 3.87. The van der Waals surface area contributed by atoms with E-state index in [1.165, 1.54) is 0 Å². The average molecular weight is 146 g/mol. The first-order valence-electron chi connectivity index (χ1n) is 2.12. The van der Waals surface area contributed by atoms with Crippen LogP contribution in [0.15, 0.2) is 18.7 Å². The zero-order valence-corrected chi connectivity index (χ0v) is 6.08. The molecule has 0 N–H and O–H groups in total. The molecule has 8 heavy (non-hydrogen) atoms. The van der Waals surface area contributed by atoms with E-state index in [1.807, 2.05) is 16.4 Å². The van der Waals surface area contributed by atoms with Crippen LogP contribution in [0.5, 0.6) is 0 Å². The largest absolute Gasteiger partial charge is 0.271 e. The Labute approximate surface area is 56.2 Å². The molecule has 0 amide bonds. The van der Waals surface area contributed by atoms with E-state index in [4.69, 9.17) is 0 Å². The molecule has 4 heteroatoms. The van der Waals surface area contributed by atoms with E-state index < -0.39 is 0 Å². The predicted octanol–water partition coefficient (Wildman–Crippen LogP) is 1.66. The molecular formula is C4H6N2S2. The van der Waals surface area contributed by atoms with Crippen molar-refractivity contribution in [3.05, 3.63) is 18.7 Å². The van der Waals surface area contributed by atoms with Crippen molar-refractivity contribution in [2.45, 2.75) is 0 Å². The second-order valence-corrected chi connectivity index (χ2v) is 3.52. The summed E-state index contributed by atoms with van der Waals surface area (Å²) in [5.41, 5.74) is 0. The molecule has 0 spiro atoms. The normalized spacial score (nSPS) is 9.62. The van der Waals surface area contributed by atoms with E-state index in [9.17, 15) is 0 Å². The summed E-state index contributed by atoms with van der Waals surface area (Å²) in [6, 6.07) is 0. The van der Waals surface area contributed by atoms with Crippen LogP contribution < -0.4 is 0 Å². The fourth-order valence-electron chi connectivity index (χ4n) is 0.377. The zero-order valence-electron chi connectivity index (χ0n) is 4.44. The maximum atomic E-state index is 3.87. The lowest BCUT2D eigenvalue weighted by atomic mass is 11.0. The third kappa shape index (κ3) is 1.45. The number of aromatic nitrogens is 2. The van der Waals surface area contributed by atoms with E-state index in [0.29, 0.717) is 0 Å². The van der Waals surface area contributed by atoms with Crippen molar-refractivity contribution < 1.29 is 0 Å². The van der Waals surface area contributed by atoms with Gasteiger partial charge in [0.1, 0.15) is 6.33 Å². The molecule has 0 atom stereocenters. The minimum Gasteiger partial charge on any atom is -0.271 e. The molecule has 0 bridgehead atoms. The van der Waals surface area contributed by atoms with Crippen LogP contribution in [0.1, 0.15) is 0 Å². The van der Waals surface area contributed by atoms with Gasteiger partial charge in [0.2, 0.25) is 0 Å². The summed E-state index contributed by atoms with van der Waals surface area (Å²) in [6.07, 6.45) is 7.50. The summed E-state index contributed by atoms with van der Waals surface area (Å²) in [6.45, 7) is 0. The van der Waals surface area contributed by atoms with E-state index in [2.05, 4.69) is 4.98 Å². The van der Waals surface area contributed by atoms with Crippen LogP contribution in [0.2, 0.25) is 0 Å².